The van der Waals surface area contributed by atoms with Crippen LogP contribution in [0.1, 0.15) is 0 Å². The molecule has 0 unspecified atom stereocenters. The largest absolute Gasteiger partial charge is 0.278 e. The highest BCUT2D eigenvalue weighted by Crippen LogP contribution is 2.28. The average molecular weight is 427 g/mol. The lowest BCUT2D eigenvalue weighted by molar-refractivity contribution is 0.601. The van der Waals surface area contributed by atoms with E-state index in [9.17, 15) is 8.42 Å². The van der Waals surface area contributed by atoms with E-state index in [-0.39, 0.29) is 9.92 Å². The van der Waals surface area contributed by atoms with Crippen LogP contribution < -0.4 is 4.72 Å². The normalized spacial score (nSPS) is 11.3. The molecule has 0 fully saturated rings. The number of pyridine rings is 1. The Morgan fingerprint density at radius 2 is 1.95 bits per heavy atom. The van der Waals surface area contributed by atoms with Gasteiger partial charge < -0.3 is 0 Å². The van der Waals surface area contributed by atoms with Crippen molar-refractivity contribution < 1.29 is 8.42 Å². The van der Waals surface area contributed by atoms with Gasteiger partial charge in [0.15, 0.2) is 0 Å². The number of benzene rings is 1. The molecule has 0 atom stereocenters. The average Bonchev–Trinajstić information content (AvgIpc) is 2.31. The van der Waals surface area contributed by atoms with Crippen LogP contribution in [0.15, 0.2) is 50.5 Å². The molecule has 0 spiro atoms. The Morgan fingerprint density at radius 1 is 1.21 bits per heavy atom. The number of rotatable bonds is 3. The van der Waals surface area contributed by atoms with Crippen LogP contribution in [0.3, 0.4) is 0 Å². The van der Waals surface area contributed by atoms with Crippen molar-refractivity contribution in [2.75, 3.05) is 4.72 Å². The zero-order chi connectivity index (χ0) is 14.0. The molecule has 0 bridgehead atoms. The first kappa shape index (κ1) is 14.8. The highest BCUT2D eigenvalue weighted by atomic mass is 79.9. The van der Waals surface area contributed by atoms with Crippen LogP contribution in [0.4, 0.5) is 5.69 Å². The molecule has 1 heterocycles. The summed E-state index contributed by atoms with van der Waals surface area (Å²) in [6, 6.07) is 6.12. The fraction of sp³-hybridized carbons (Fsp3) is 0. The number of anilines is 1. The minimum absolute atomic E-state index is 0.0149. The zero-order valence-corrected chi connectivity index (χ0v) is 14.0. The maximum absolute atomic E-state index is 12.2. The van der Waals surface area contributed by atoms with E-state index >= 15 is 0 Å². The summed E-state index contributed by atoms with van der Waals surface area (Å²) >= 11 is 12.4. The first-order valence-electron chi connectivity index (χ1n) is 4.97. The van der Waals surface area contributed by atoms with Gasteiger partial charge in [0.25, 0.3) is 10.0 Å². The summed E-state index contributed by atoms with van der Waals surface area (Å²) in [7, 11) is -3.74. The molecular weight excluding hydrogens is 419 g/mol. The predicted molar refractivity (Wildman–Crippen MR) is 81.9 cm³/mol. The lowest BCUT2D eigenvalue weighted by Crippen LogP contribution is -2.13. The molecule has 100 valence electrons. The van der Waals surface area contributed by atoms with Crippen LogP contribution in [0, 0.1) is 0 Å². The van der Waals surface area contributed by atoms with Crippen molar-refractivity contribution in [1.82, 2.24) is 4.98 Å². The lowest BCUT2D eigenvalue weighted by Gasteiger charge is -2.10. The van der Waals surface area contributed by atoms with Gasteiger partial charge in [0, 0.05) is 16.9 Å². The van der Waals surface area contributed by atoms with Gasteiger partial charge in [-0.25, -0.2) is 8.42 Å². The van der Waals surface area contributed by atoms with Gasteiger partial charge in [-0.05, 0) is 40.2 Å². The molecule has 8 heteroatoms. The van der Waals surface area contributed by atoms with Crippen molar-refractivity contribution in [3.63, 3.8) is 0 Å². The molecular formula is C11H7Br2ClN2O2S. The molecule has 0 saturated carbocycles. The van der Waals surface area contributed by atoms with E-state index in [4.69, 9.17) is 11.6 Å². The molecule has 1 N–H and O–H groups in total. The van der Waals surface area contributed by atoms with Gasteiger partial charge in [0.2, 0.25) is 0 Å². The van der Waals surface area contributed by atoms with Gasteiger partial charge in [-0.3, -0.25) is 9.71 Å². The topological polar surface area (TPSA) is 59.1 Å². The monoisotopic (exact) mass is 424 g/mol. The van der Waals surface area contributed by atoms with Crippen LogP contribution in [-0.2, 0) is 10.0 Å². The second-order valence-corrected chi connectivity index (χ2v) is 7.36. The quantitative estimate of drug-likeness (QED) is 0.805. The van der Waals surface area contributed by atoms with Gasteiger partial charge in [-0.1, -0.05) is 27.5 Å². The molecule has 0 aliphatic carbocycles. The molecule has 1 aromatic heterocycles. The maximum Gasteiger partial charge on any atom is 0.263 e. The van der Waals surface area contributed by atoms with Crippen LogP contribution in [0.2, 0.25) is 5.02 Å². The second-order valence-electron chi connectivity index (χ2n) is 3.54. The summed E-state index contributed by atoms with van der Waals surface area (Å²) in [5.41, 5.74) is 0.397. The molecule has 2 rings (SSSR count). The Morgan fingerprint density at radius 3 is 2.58 bits per heavy atom. The van der Waals surface area contributed by atoms with E-state index in [2.05, 4.69) is 41.6 Å². The molecule has 0 aliphatic rings. The van der Waals surface area contributed by atoms with Gasteiger partial charge in [0.05, 0.1) is 15.2 Å². The maximum atomic E-state index is 12.2. The molecule has 0 aliphatic heterocycles. The number of aromatic nitrogens is 1. The van der Waals surface area contributed by atoms with E-state index in [1.165, 1.54) is 24.5 Å². The van der Waals surface area contributed by atoms with Crippen molar-refractivity contribution >= 4 is 59.2 Å². The summed E-state index contributed by atoms with van der Waals surface area (Å²) in [5, 5.41) is 0.145. The predicted octanol–water partition coefficient (Wildman–Crippen LogP) is 4.06. The highest BCUT2D eigenvalue weighted by Gasteiger charge is 2.19. The zero-order valence-electron chi connectivity index (χ0n) is 9.27. The van der Waals surface area contributed by atoms with Crippen molar-refractivity contribution in [1.29, 1.82) is 0 Å². The van der Waals surface area contributed by atoms with Crippen molar-refractivity contribution in [2.24, 2.45) is 0 Å². The second kappa shape index (κ2) is 5.78. The Labute approximate surface area is 132 Å². The first-order chi connectivity index (χ1) is 8.90. The molecule has 0 radical (unpaired) electrons. The molecule has 1 aromatic carbocycles. The Bertz CT molecular complexity index is 722. The number of hydrogen-bond donors (Lipinski definition) is 1. The third kappa shape index (κ3) is 3.47. The first-order valence-corrected chi connectivity index (χ1v) is 8.42. The molecule has 0 amide bonds. The molecule has 2 aromatic rings. The minimum atomic E-state index is -3.74. The van der Waals surface area contributed by atoms with Crippen molar-refractivity contribution in [2.45, 2.75) is 4.90 Å². The fourth-order valence-electron chi connectivity index (χ4n) is 1.35. The van der Waals surface area contributed by atoms with E-state index in [1.807, 2.05) is 0 Å². The van der Waals surface area contributed by atoms with E-state index in [1.54, 1.807) is 12.1 Å². The number of hydrogen-bond acceptors (Lipinski definition) is 3. The Hall–Kier alpha value is -0.630. The van der Waals surface area contributed by atoms with Gasteiger partial charge >= 0.3 is 0 Å². The fourth-order valence-corrected chi connectivity index (χ4v) is 3.95. The number of nitrogens with one attached hydrogen (secondary N) is 1. The summed E-state index contributed by atoms with van der Waals surface area (Å²) < 4.78 is 28.2. The summed E-state index contributed by atoms with van der Waals surface area (Å²) in [6.07, 6.45) is 2.99. The van der Waals surface area contributed by atoms with Crippen LogP contribution in [0.25, 0.3) is 0 Å². The van der Waals surface area contributed by atoms with Crippen LogP contribution in [0.5, 0.6) is 0 Å². The van der Waals surface area contributed by atoms with E-state index in [0.29, 0.717) is 14.6 Å². The minimum Gasteiger partial charge on any atom is -0.278 e. The Balaban J connectivity index is 2.41. The van der Waals surface area contributed by atoms with Gasteiger partial charge in [-0.2, -0.15) is 0 Å². The van der Waals surface area contributed by atoms with Gasteiger partial charge in [-0.15, -0.1) is 0 Å². The van der Waals surface area contributed by atoms with Gasteiger partial charge in [0.1, 0.15) is 4.90 Å². The third-order valence-corrected chi connectivity index (χ3v) is 5.17. The smallest absolute Gasteiger partial charge is 0.263 e. The summed E-state index contributed by atoms with van der Waals surface area (Å²) in [6.45, 7) is 0. The van der Waals surface area contributed by atoms with Crippen molar-refractivity contribution in [3.05, 3.63) is 50.6 Å². The van der Waals surface area contributed by atoms with Crippen LogP contribution >= 0.6 is 43.5 Å². The number of nitrogens with zero attached hydrogens (tertiary/aromatic N) is 1. The summed E-state index contributed by atoms with van der Waals surface area (Å²) in [5.74, 6) is 0. The van der Waals surface area contributed by atoms with E-state index in [0.717, 1.165) is 0 Å². The van der Waals surface area contributed by atoms with Crippen molar-refractivity contribution in [3.8, 4) is 0 Å². The third-order valence-electron chi connectivity index (χ3n) is 2.20. The number of halogens is 3. The molecule has 4 nitrogen and oxygen atoms in total. The molecule has 0 saturated heterocycles. The van der Waals surface area contributed by atoms with E-state index < -0.39 is 10.0 Å². The standard InChI is InChI=1S/C11H7Br2ClN2O2S/c12-7-1-2-11(9(14)5-7)19(17,18)16-10-3-4-15-6-8(10)13/h1-6H,(H,15,16). The molecule has 19 heavy (non-hydrogen) atoms. The Kier molecular flexibility index (Phi) is 4.50. The highest BCUT2D eigenvalue weighted by molar-refractivity contribution is 9.10. The summed E-state index contributed by atoms with van der Waals surface area (Å²) in [4.78, 5) is 3.88. The lowest BCUT2D eigenvalue weighted by atomic mass is 10.4. The number of sulfonamides is 1. The SMILES string of the molecule is O=S(=O)(Nc1ccncc1Br)c1ccc(Br)cc1Cl. The van der Waals surface area contributed by atoms with Crippen LogP contribution in [-0.4, -0.2) is 13.4 Å².